The Balaban J connectivity index is 1.96. The van der Waals surface area contributed by atoms with Crippen LogP contribution in [0.4, 0.5) is 0 Å². The minimum absolute atomic E-state index is 0.104. The molecule has 1 aromatic heterocycles. The van der Waals surface area contributed by atoms with E-state index >= 15 is 0 Å². The summed E-state index contributed by atoms with van der Waals surface area (Å²) in [4.78, 5) is 12.2. The van der Waals surface area contributed by atoms with Crippen LogP contribution in [0, 0.1) is 6.92 Å². The van der Waals surface area contributed by atoms with Gasteiger partial charge in [-0.2, -0.15) is 5.10 Å². The summed E-state index contributed by atoms with van der Waals surface area (Å²) in [5, 5.41) is 7.14. The van der Waals surface area contributed by atoms with Gasteiger partial charge in [0.2, 0.25) is 0 Å². The van der Waals surface area contributed by atoms with Gasteiger partial charge in [0.05, 0.1) is 12.2 Å². The molecular formula is C16H21N3O2. The summed E-state index contributed by atoms with van der Waals surface area (Å²) < 4.78 is 7.41. The molecule has 1 heterocycles. The van der Waals surface area contributed by atoms with Crippen LogP contribution in [0.1, 0.15) is 31.1 Å². The Morgan fingerprint density at radius 3 is 2.52 bits per heavy atom. The molecule has 5 nitrogen and oxygen atoms in total. The van der Waals surface area contributed by atoms with Crippen LogP contribution >= 0.6 is 0 Å². The number of benzene rings is 1. The van der Waals surface area contributed by atoms with Crippen LogP contribution in [-0.2, 0) is 11.8 Å². The predicted molar refractivity (Wildman–Crippen MR) is 81.0 cm³/mol. The van der Waals surface area contributed by atoms with Crippen LogP contribution in [0.15, 0.2) is 36.5 Å². The molecule has 0 aliphatic carbocycles. The molecule has 2 aromatic rings. The number of aromatic nitrogens is 2. The molecule has 0 aliphatic heterocycles. The van der Waals surface area contributed by atoms with E-state index in [2.05, 4.69) is 10.4 Å². The van der Waals surface area contributed by atoms with Gasteiger partial charge in [-0.05, 0) is 32.9 Å². The Labute approximate surface area is 124 Å². The highest BCUT2D eigenvalue weighted by molar-refractivity contribution is 5.81. The second kappa shape index (κ2) is 6.43. The number of para-hydroxylation sites is 1. The first kappa shape index (κ1) is 15.1. The third-order valence-electron chi connectivity index (χ3n) is 3.52. The van der Waals surface area contributed by atoms with Gasteiger partial charge in [-0.1, -0.05) is 18.2 Å². The Morgan fingerprint density at radius 1 is 1.29 bits per heavy atom. The van der Waals surface area contributed by atoms with E-state index in [1.54, 1.807) is 17.8 Å². The van der Waals surface area contributed by atoms with E-state index in [4.69, 9.17) is 4.74 Å². The van der Waals surface area contributed by atoms with Crippen molar-refractivity contribution in [3.8, 4) is 5.75 Å². The van der Waals surface area contributed by atoms with Crippen LogP contribution in [0.5, 0.6) is 5.75 Å². The van der Waals surface area contributed by atoms with Gasteiger partial charge in [-0.15, -0.1) is 0 Å². The SMILES string of the molecule is Cc1c([C@H](C)NC(=O)[C@H](C)Oc2ccccc2)cnn1C. The highest BCUT2D eigenvalue weighted by Crippen LogP contribution is 2.17. The molecule has 0 aliphatic rings. The first-order valence-electron chi connectivity index (χ1n) is 6.99. The van der Waals surface area contributed by atoms with Crippen LogP contribution in [0.25, 0.3) is 0 Å². The Bertz CT molecular complexity index is 607. The standard InChI is InChI=1S/C16H21N3O2/c1-11(15-10-17-19(4)12(15)2)18-16(20)13(3)21-14-8-6-5-7-9-14/h5-11,13H,1-4H3,(H,18,20)/t11-,13-/m0/s1. The number of hydrogen-bond acceptors (Lipinski definition) is 3. The molecule has 5 heteroatoms. The van der Waals surface area contributed by atoms with Crippen molar-refractivity contribution >= 4 is 5.91 Å². The first-order valence-corrected chi connectivity index (χ1v) is 6.99. The number of hydrogen-bond donors (Lipinski definition) is 1. The zero-order valence-corrected chi connectivity index (χ0v) is 12.8. The zero-order valence-electron chi connectivity index (χ0n) is 12.8. The van der Waals surface area contributed by atoms with Crippen molar-refractivity contribution < 1.29 is 9.53 Å². The summed E-state index contributed by atoms with van der Waals surface area (Å²) in [6, 6.07) is 9.22. The number of carbonyl (C=O) groups is 1. The van der Waals surface area contributed by atoms with Gasteiger partial charge in [0, 0.05) is 18.3 Å². The van der Waals surface area contributed by atoms with Crippen LogP contribution < -0.4 is 10.1 Å². The number of nitrogens with zero attached hydrogens (tertiary/aromatic N) is 2. The van der Waals surface area contributed by atoms with Crippen molar-refractivity contribution in [1.29, 1.82) is 0 Å². The normalized spacial score (nSPS) is 13.5. The first-order chi connectivity index (χ1) is 9.99. The molecule has 0 unspecified atom stereocenters. The van der Waals surface area contributed by atoms with Crippen molar-refractivity contribution in [2.75, 3.05) is 0 Å². The van der Waals surface area contributed by atoms with Crippen LogP contribution in [0.3, 0.4) is 0 Å². The Kier molecular flexibility index (Phi) is 4.62. The van der Waals surface area contributed by atoms with Gasteiger partial charge in [-0.25, -0.2) is 0 Å². The molecule has 0 saturated carbocycles. The van der Waals surface area contributed by atoms with Gasteiger partial charge in [-0.3, -0.25) is 9.48 Å². The molecule has 0 bridgehead atoms. The molecule has 0 spiro atoms. The molecule has 112 valence electrons. The highest BCUT2D eigenvalue weighted by atomic mass is 16.5. The molecule has 1 aromatic carbocycles. The molecular weight excluding hydrogens is 266 g/mol. The van der Waals surface area contributed by atoms with Crippen LogP contribution in [-0.4, -0.2) is 21.8 Å². The molecule has 0 saturated heterocycles. The van der Waals surface area contributed by atoms with Crippen molar-refractivity contribution in [2.45, 2.75) is 32.9 Å². The number of ether oxygens (including phenoxy) is 1. The fourth-order valence-corrected chi connectivity index (χ4v) is 2.11. The zero-order chi connectivity index (χ0) is 15.4. The summed E-state index contributed by atoms with van der Waals surface area (Å²) in [5.74, 6) is 0.542. The molecule has 1 N–H and O–H groups in total. The van der Waals surface area contributed by atoms with Gasteiger partial charge < -0.3 is 10.1 Å². The maximum atomic E-state index is 12.2. The molecule has 2 atom stereocenters. The number of aryl methyl sites for hydroxylation is 1. The number of nitrogens with one attached hydrogen (secondary N) is 1. The number of amides is 1. The third-order valence-corrected chi connectivity index (χ3v) is 3.52. The lowest BCUT2D eigenvalue weighted by Crippen LogP contribution is -2.37. The average Bonchev–Trinajstić information content (AvgIpc) is 2.80. The third kappa shape index (κ3) is 3.62. The minimum Gasteiger partial charge on any atom is -0.481 e. The average molecular weight is 287 g/mol. The van der Waals surface area contributed by atoms with Gasteiger partial charge in [0.1, 0.15) is 5.75 Å². The summed E-state index contributed by atoms with van der Waals surface area (Å²) in [5.41, 5.74) is 2.05. The van der Waals surface area contributed by atoms with Crippen molar-refractivity contribution in [3.63, 3.8) is 0 Å². The number of carbonyl (C=O) groups excluding carboxylic acids is 1. The molecule has 21 heavy (non-hydrogen) atoms. The largest absolute Gasteiger partial charge is 0.481 e. The van der Waals surface area contributed by atoms with Gasteiger partial charge >= 0.3 is 0 Å². The predicted octanol–water partition coefficient (Wildman–Crippen LogP) is 2.37. The molecule has 0 radical (unpaired) electrons. The summed E-state index contributed by atoms with van der Waals surface area (Å²) in [6.45, 7) is 5.66. The van der Waals surface area contributed by atoms with E-state index in [9.17, 15) is 4.79 Å². The maximum absolute atomic E-state index is 12.2. The highest BCUT2D eigenvalue weighted by Gasteiger charge is 2.19. The lowest BCUT2D eigenvalue weighted by atomic mass is 10.1. The second-order valence-electron chi connectivity index (χ2n) is 5.11. The Hall–Kier alpha value is -2.30. The summed E-state index contributed by atoms with van der Waals surface area (Å²) >= 11 is 0. The maximum Gasteiger partial charge on any atom is 0.261 e. The van der Waals surface area contributed by atoms with Crippen molar-refractivity contribution in [3.05, 3.63) is 47.8 Å². The fraction of sp³-hybridized carbons (Fsp3) is 0.375. The van der Waals surface area contributed by atoms with Crippen molar-refractivity contribution in [2.24, 2.45) is 7.05 Å². The summed E-state index contributed by atoms with van der Waals surface area (Å²) in [6.07, 6.45) is 1.23. The van der Waals surface area contributed by atoms with E-state index < -0.39 is 6.10 Å². The fourth-order valence-electron chi connectivity index (χ4n) is 2.11. The molecule has 1 amide bonds. The lowest BCUT2D eigenvalue weighted by Gasteiger charge is -2.18. The summed E-state index contributed by atoms with van der Waals surface area (Å²) in [7, 11) is 1.88. The van der Waals surface area contributed by atoms with Gasteiger partial charge in [0.25, 0.3) is 5.91 Å². The quantitative estimate of drug-likeness (QED) is 0.918. The van der Waals surface area contributed by atoms with E-state index in [1.165, 1.54) is 0 Å². The molecule has 0 fully saturated rings. The van der Waals surface area contributed by atoms with Gasteiger partial charge in [0.15, 0.2) is 6.10 Å². The minimum atomic E-state index is -0.549. The second-order valence-corrected chi connectivity index (χ2v) is 5.11. The topological polar surface area (TPSA) is 56.1 Å². The van der Waals surface area contributed by atoms with E-state index in [-0.39, 0.29) is 11.9 Å². The smallest absolute Gasteiger partial charge is 0.261 e. The van der Waals surface area contributed by atoms with E-state index in [1.807, 2.05) is 51.2 Å². The lowest BCUT2D eigenvalue weighted by molar-refractivity contribution is -0.127. The van der Waals surface area contributed by atoms with E-state index in [0.29, 0.717) is 5.75 Å². The molecule has 2 rings (SSSR count). The van der Waals surface area contributed by atoms with Crippen molar-refractivity contribution in [1.82, 2.24) is 15.1 Å². The number of rotatable bonds is 5. The monoisotopic (exact) mass is 287 g/mol. The Morgan fingerprint density at radius 2 is 1.95 bits per heavy atom. The van der Waals surface area contributed by atoms with Crippen LogP contribution in [0.2, 0.25) is 0 Å². The van der Waals surface area contributed by atoms with E-state index in [0.717, 1.165) is 11.3 Å².